The van der Waals surface area contributed by atoms with Crippen LogP contribution in [0.3, 0.4) is 0 Å². The second kappa shape index (κ2) is 9.04. The fourth-order valence-electron chi connectivity index (χ4n) is 2.58. The van der Waals surface area contributed by atoms with Gasteiger partial charge in [0.15, 0.2) is 0 Å². The number of para-hydroxylation sites is 1. The Morgan fingerprint density at radius 1 is 0.923 bits per heavy atom. The highest BCUT2D eigenvalue weighted by Crippen LogP contribution is 2.23. The Balaban J connectivity index is 1.91. The molecule has 0 aliphatic heterocycles. The zero-order valence-electron chi connectivity index (χ0n) is 15.8. The van der Waals surface area contributed by atoms with Gasteiger partial charge in [-0.15, -0.1) is 0 Å². The molecule has 2 aromatic carbocycles. The molecule has 0 heterocycles. The summed E-state index contributed by atoms with van der Waals surface area (Å²) in [5, 5.41) is 8.87. The van der Waals surface area contributed by atoms with Crippen molar-refractivity contribution in [2.75, 3.05) is 17.2 Å². The predicted molar refractivity (Wildman–Crippen MR) is 107 cm³/mol. The first-order chi connectivity index (χ1) is 12.4. The Morgan fingerprint density at radius 2 is 1.58 bits per heavy atom. The molecular formula is C21H27N3O2. The number of hydrogen-bond donors (Lipinski definition) is 3. The lowest BCUT2D eigenvalue weighted by molar-refractivity contribution is -0.114. The minimum Gasteiger partial charge on any atom is -0.376 e. The van der Waals surface area contributed by atoms with E-state index in [9.17, 15) is 9.59 Å². The van der Waals surface area contributed by atoms with Gasteiger partial charge in [0.1, 0.15) is 0 Å². The molecule has 2 rings (SSSR count). The molecule has 5 heteroatoms. The Hall–Kier alpha value is -2.82. The van der Waals surface area contributed by atoms with E-state index in [2.05, 4.69) is 29.8 Å². The van der Waals surface area contributed by atoms with E-state index in [0.29, 0.717) is 11.5 Å². The van der Waals surface area contributed by atoms with Gasteiger partial charge >= 0.3 is 0 Å². The topological polar surface area (TPSA) is 70.2 Å². The summed E-state index contributed by atoms with van der Waals surface area (Å²) < 4.78 is 0. The number of rotatable bonds is 7. The maximum Gasteiger partial charge on any atom is 0.251 e. The molecule has 0 aliphatic carbocycles. The van der Waals surface area contributed by atoms with Crippen LogP contribution in [-0.2, 0) is 4.79 Å². The summed E-state index contributed by atoms with van der Waals surface area (Å²) in [6.07, 6.45) is 0. The molecule has 0 fully saturated rings. The van der Waals surface area contributed by atoms with Crippen LogP contribution in [0.15, 0.2) is 48.5 Å². The summed E-state index contributed by atoms with van der Waals surface area (Å²) in [5.41, 5.74) is 3.34. The third kappa shape index (κ3) is 5.62. The smallest absolute Gasteiger partial charge is 0.251 e. The number of carbonyl (C=O) groups excluding carboxylic acids is 2. The van der Waals surface area contributed by atoms with Gasteiger partial charge < -0.3 is 16.0 Å². The molecule has 0 radical (unpaired) electrons. The van der Waals surface area contributed by atoms with Crippen molar-refractivity contribution in [1.82, 2.24) is 5.32 Å². The van der Waals surface area contributed by atoms with E-state index in [1.807, 2.05) is 38.1 Å². The van der Waals surface area contributed by atoms with Crippen LogP contribution >= 0.6 is 0 Å². The predicted octanol–water partition coefficient (Wildman–Crippen LogP) is 4.00. The van der Waals surface area contributed by atoms with Crippen molar-refractivity contribution < 1.29 is 9.59 Å². The number of carbonyl (C=O) groups is 2. The minimum atomic E-state index is -0.111. The summed E-state index contributed by atoms with van der Waals surface area (Å²) in [6.45, 7) is 8.19. The molecule has 5 nitrogen and oxygen atoms in total. The van der Waals surface area contributed by atoms with E-state index in [0.717, 1.165) is 16.9 Å². The molecule has 138 valence electrons. The second-order valence-electron chi connectivity index (χ2n) is 6.85. The third-order valence-corrected chi connectivity index (χ3v) is 3.88. The first kappa shape index (κ1) is 19.5. The summed E-state index contributed by atoms with van der Waals surface area (Å²) in [6, 6.07) is 15.0. The van der Waals surface area contributed by atoms with Gasteiger partial charge in [0, 0.05) is 23.0 Å². The van der Waals surface area contributed by atoms with Crippen LogP contribution in [0.5, 0.6) is 0 Å². The largest absolute Gasteiger partial charge is 0.376 e. The molecule has 0 saturated carbocycles. The number of nitrogens with one attached hydrogen (secondary N) is 3. The van der Waals surface area contributed by atoms with E-state index in [1.165, 1.54) is 0 Å². The molecule has 3 N–H and O–H groups in total. The van der Waals surface area contributed by atoms with E-state index in [-0.39, 0.29) is 24.4 Å². The van der Waals surface area contributed by atoms with Crippen molar-refractivity contribution in [3.63, 3.8) is 0 Å². The zero-order chi connectivity index (χ0) is 19.1. The SMILES string of the molecule is CC(C)NC(=O)c1ccc(NCC(=O)Nc2ccccc2C(C)C)cc1. The highest BCUT2D eigenvalue weighted by atomic mass is 16.2. The van der Waals surface area contributed by atoms with Gasteiger partial charge in [0.05, 0.1) is 6.54 Å². The molecule has 0 atom stereocenters. The van der Waals surface area contributed by atoms with Gasteiger partial charge in [-0.1, -0.05) is 32.0 Å². The van der Waals surface area contributed by atoms with Gasteiger partial charge in [-0.3, -0.25) is 9.59 Å². The highest BCUT2D eigenvalue weighted by Gasteiger charge is 2.10. The van der Waals surface area contributed by atoms with Crippen LogP contribution in [0.4, 0.5) is 11.4 Å². The number of hydrogen-bond acceptors (Lipinski definition) is 3. The molecule has 0 aromatic heterocycles. The Kier molecular flexibility index (Phi) is 6.78. The molecule has 0 spiro atoms. The summed E-state index contributed by atoms with van der Waals surface area (Å²) >= 11 is 0. The van der Waals surface area contributed by atoms with Gasteiger partial charge in [0.2, 0.25) is 5.91 Å². The van der Waals surface area contributed by atoms with Gasteiger partial charge in [-0.2, -0.15) is 0 Å². The van der Waals surface area contributed by atoms with Gasteiger partial charge in [-0.25, -0.2) is 0 Å². The van der Waals surface area contributed by atoms with Gasteiger partial charge in [-0.05, 0) is 55.7 Å². The molecular weight excluding hydrogens is 326 g/mol. The summed E-state index contributed by atoms with van der Waals surface area (Å²) in [4.78, 5) is 24.1. The monoisotopic (exact) mass is 353 g/mol. The van der Waals surface area contributed by atoms with E-state index >= 15 is 0 Å². The van der Waals surface area contributed by atoms with Crippen LogP contribution in [-0.4, -0.2) is 24.4 Å². The molecule has 0 aliphatic rings. The molecule has 26 heavy (non-hydrogen) atoms. The molecule has 2 amide bonds. The standard InChI is InChI=1S/C21H27N3O2/c1-14(2)18-7-5-6-8-19(18)24-20(25)13-22-17-11-9-16(10-12-17)21(26)23-15(3)4/h5-12,14-15,22H,13H2,1-4H3,(H,23,26)(H,24,25). The van der Waals surface area contributed by atoms with Crippen molar-refractivity contribution >= 4 is 23.2 Å². The Morgan fingerprint density at radius 3 is 2.19 bits per heavy atom. The van der Waals surface area contributed by atoms with Gasteiger partial charge in [0.25, 0.3) is 5.91 Å². The average molecular weight is 353 g/mol. The van der Waals surface area contributed by atoms with E-state index in [1.54, 1.807) is 24.3 Å². The quantitative estimate of drug-likeness (QED) is 0.705. The second-order valence-corrected chi connectivity index (χ2v) is 6.85. The van der Waals surface area contributed by atoms with Crippen LogP contribution < -0.4 is 16.0 Å². The first-order valence-electron chi connectivity index (χ1n) is 8.90. The maximum absolute atomic E-state index is 12.2. The lowest BCUT2D eigenvalue weighted by Crippen LogP contribution is -2.30. The van der Waals surface area contributed by atoms with E-state index in [4.69, 9.17) is 0 Å². The summed E-state index contributed by atoms with van der Waals surface area (Å²) in [5.74, 6) is 0.123. The van der Waals surface area contributed by atoms with Crippen LogP contribution in [0.1, 0.15) is 49.5 Å². The van der Waals surface area contributed by atoms with Crippen LogP contribution in [0.25, 0.3) is 0 Å². The van der Waals surface area contributed by atoms with Crippen molar-refractivity contribution in [1.29, 1.82) is 0 Å². The Bertz CT molecular complexity index is 752. The fourth-order valence-corrected chi connectivity index (χ4v) is 2.58. The number of anilines is 2. The molecule has 0 saturated heterocycles. The average Bonchev–Trinajstić information content (AvgIpc) is 2.60. The molecule has 2 aromatic rings. The lowest BCUT2D eigenvalue weighted by atomic mass is 10.0. The van der Waals surface area contributed by atoms with Crippen molar-refractivity contribution in [2.24, 2.45) is 0 Å². The van der Waals surface area contributed by atoms with Crippen molar-refractivity contribution in [3.8, 4) is 0 Å². The van der Waals surface area contributed by atoms with E-state index < -0.39 is 0 Å². The van der Waals surface area contributed by atoms with Crippen LogP contribution in [0.2, 0.25) is 0 Å². The fraction of sp³-hybridized carbons (Fsp3) is 0.333. The lowest BCUT2D eigenvalue weighted by Gasteiger charge is -2.14. The van der Waals surface area contributed by atoms with Crippen molar-refractivity contribution in [2.45, 2.75) is 39.7 Å². The summed E-state index contributed by atoms with van der Waals surface area (Å²) in [7, 11) is 0. The number of benzene rings is 2. The molecule has 0 unspecified atom stereocenters. The Labute approximate surface area is 155 Å². The minimum absolute atomic E-state index is 0.0951. The first-order valence-corrected chi connectivity index (χ1v) is 8.90. The third-order valence-electron chi connectivity index (χ3n) is 3.88. The highest BCUT2D eigenvalue weighted by molar-refractivity contribution is 5.95. The van der Waals surface area contributed by atoms with Crippen LogP contribution in [0, 0.1) is 0 Å². The number of amides is 2. The molecule has 0 bridgehead atoms. The zero-order valence-corrected chi connectivity index (χ0v) is 15.8. The van der Waals surface area contributed by atoms with Crippen molar-refractivity contribution in [3.05, 3.63) is 59.7 Å². The normalized spacial score (nSPS) is 10.7. The maximum atomic E-state index is 12.2.